The fourth-order valence-corrected chi connectivity index (χ4v) is 5.04. The predicted octanol–water partition coefficient (Wildman–Crippen LogP) is 2.30. The molecule has 4 rings (SSSR count). The second-order valence-corrected chi connectivity index (χ2v) is 8.70. The van der Waals surface area contributed by atoms with Crippen LogP contribution in [0.25, 0.3) is 0 Å². The Labute approximate surface area is 168 Å². The van der Waals surface area contributed by atoms with Gasteiger partial charge in [0, 0.05) is 38.3 Å². The summed E-state index contributed by atoms with van der Waals surface area (Å²) in [5, 5.41) is 0. The van der Waals surface area contributed by atoms with Gasteiger partial charge in [0.15, 0.2) is 6.61 Å². The molecule has 7 heteroatoms. The van der Waals surface area contributed by atoms with E-state index < -0.39 is 11.0 Å². The van der Waals surface area contributed by atoms with Crippen molar-refractivity contribution in [1.82, 2.24) is 14.2 Å². The number of carbonyl (C=O) groups excluding carboxylic acids is 1. The zero-order valence-electron chi connectivity index (χ0n) is 15.8. The van der Waals surface area contributed by atoms with Crippen LogP contribution in [0.2, 0.25) is 0 Å². The van der Waals surface area contributed by atoms with Crippen LogP contribution in [-0.2, 0) is 15.8 Å². The molecule has 3 atom stereocenters. The first-order chi connectivity index (χ1) is 13.7. The molecule has 0 aromatic carbocycles. The van der Waals surface area contributed by atoms with Crippen molar-refractivity contribution in [2.45, 2.75) is 12.8 Å². The Morgan fingerprint density at radius 3 is 2.89 bits per heavy atom. The van der Waals surface area contributed by atoms with Crippen molar-refractivity contribution < 1.29 is 13.7 Å². The highest BCUT2D eigenvalue weighted by atomic mass is 32.2. The van der Waals surface area contributed by atoms with Crippen molar-refractivity contribution in [1.29, 1.82) is 0 Å². The number of carbonyl (C=O) groups is 1. The first-order valence-electron chi connectivity index (χ1n) is 9.75. The molecule has 0 saturated carbocycles. The van der Waals surface area contributed by atoms with Gasteiger partial charge in [0.2, 0.25) is 0 Å². The molecule has 28 heavy (non-hydrogen) atoms. The van der Waals surface area contributed by atoms with Crippen LogP contribution in [0, 0.1) is 11.8 Å². The van der Waals surface area contributed by atoms with E-state index in [0.717, 1.165) is 17.7 Å². The van der Waals surface area contributed by atoms with E-state index in [-0.39, 0.29) is 12.5 Å². The van der Waals surface area contributed by atoms with Crippen molar-refractivity contribution in [2.24, 2.45) is 11.8 Å². The van der Waals surface area contributed by atoms with Gasteiger partial charge < -0.3 is 9.64 Å². The van der Waals surface area contributed by atoms with Crippen LogP contribution in [0.1, 0.15) is 12.8 Å². The van der Waals surface area contributed by atoms with Gasteiger partial charge in [-0.1, -0.05) is 24.3 Å². The summed E-state index contributed by atoms with van der Waals surface area (Å²) in [4.78, 5) is 19.0. The second-order valence-electron chi connectivity index (χ2n) is 7.21. The largest absolute Gasteiger partial charge is 0.482 e. The average Bonchev–Trinajstić information content (AvgIpc) is 2.77. The minimum atomic E-state index is -1.17. The van der Waals surface area contributed by atoms with E-state index in [1.54, 1.807) is 29.4 Å². The van der Waals surface area contributed by atoms with E-state index in [1.165, 1.54) is 0 Å². The van der Waals surface area contributed by atoms with Gasteiger partial charge in [-0.25, -0.2) is 8.51 Å². The number of pyridine rings is 1. The summed E-state index contributed by atoms with van der Waals surface area (Å²) in [7, 11) is -1.17. The highest BCUT2D eigenvalue weighted by Gasteiger charge is 2.28. The normalized spacial score (nSPS) is 25.7. The molecule has 3 aliphatic rings. The van der Waals surface area contributed by atoms with E-state index >= 15 is 0 Å². The molecule has 1 saturated heterocycles. The topological polar surface area (TPSA) is 62.7 Å². The summed E-state index contributed by atoms with van der Waals surface area (Å²) in [6, 6.07) is 3.55. The van der Waals surface area contributed by atoms with Crippen LogP contribution in [-0.4, -0.2) is 57.1 Å². The molecule has 0 radical (unpaired) electrons. The molecule has 2 aliphatic carbocycles. The first kappa shape index (κ1) is 19.1. The smallest absolute Gasteiger partial charge is 0.260 e. The maximum Gasteiger partial charge on any atom is 0.260 e. The standard InChI is InChI=1S/C21H25N3O3S/c25-21(16-27-19-6-3-9-22-15-19)23-10-12-24(13-11-23)28(26)20-8-7-17-4-1-2-5-18(17)14-20/h2-3,5-9,14-15,17-18H,1,4,10-13,16H2. The number of ether oxygens (including phenoxy) is 1. The van der Waals surface area contributed by atoms with Gasteiger partial charge in [-0.15, -0.1) is 0 Å². The van der Waals surface area contributed by atoms with Gasteiger partial charge in [0.25, 0.3) is 5.91 Å². The van der Waals surface area contributed by atoms with Crippen molar-refractivity contribution in [3.05, 3.63) is 59.8 Å². The molecule has 0 spiro atoms. The fraction of sp³-hybridized carbons (Fsp3) is 0.429. The number of aromatic nitrogens is 1. The summed E-state index contributed by atoms with van der Waals surface area (Å²) >= 11 is 0. The van der Waals surface area contributed by atoms with Crippen LogP contribution in [0.5, 0.6) is 5.75 Å². The third-order valence-electron chi connectivity index (χ3n) is 5.41. The monoisotopic (exact) mass is 399 g/mol. The van der Waals surface area contributed by atoms with Crippen molar-refractivity contribution in [3.63, 3.8) is 0 Å². The predicted molar refractivity (Wildman–Crippen MR) is 109 cm³/mol. The minimum absolute atomic E-state index is 0.00191. The summed E-state index contributed by atoms with van der Waals surface area (Å²) < 4.78 is 20.4. The molecule has 1 aliphatic heterocycles. The molecule has 1 aromatic heterocycles. The lowest BCUT2D eigenvalue weighted by Gasteiger charge is -2.34. The number of hydrogen-bond donors (Lipinski definition) is 0. The van der Waals surface area contributed by atoms with Gasteiger partial charge in [0.1, 0.15) is 16.7 Å². The number of allylic oxidation sites excluding steroid dienone is 5. The maximum atomic E-state index is 13.0. The summed E-state index contributed by atoms with van der Waals surface area (Å²) in [5.41, 5.74) is 0. The molecule has 6 nitrogen and oxygen atoms in total. The minimum Gasteiger partial charge on any atom is -0.482 e. The molecule has 148 valence electrons. The third-order valence-corrected chi connectivity index (χ3v) is 6.92. The van der Waals surface area contributed by atoms with Crippen molar-refractivity contribution in [3.8, 4) is 5.75 Å². The molecule has 1 aromatic rings. The van der Waals surface area contributed by atoms with Crippen molar-refractivity contribution >= 4 is 16.9 Å². The molecular weight excluding hydrogens is 374 g/mol. The number of piperazine rings is 1. The van der Waals surface area contributed by atoms with Crippen molar-refractivity contribution in [2.75, 3.05) is 32.8 Å². The van der Waals surface area contributed by atoms with Crippen LogP contribution < -0.4 is 4.74 Å². The Kier molecular flexibility index (Phi) is 6.02. The Hall–Kier alpha value is -2.25. The lowest BCUT2D eigenvalue weighted by atomic mass is 9.81. The zero-order valence-corrected chi connectivity index (χ0v) is 16.6. The zero-order chi connectivity index (χ0) is 19.3. The van der Waals surface area contributed by atoms with E-state index in [9.17, 15) is 9.00 Å². The molecule has 3 unspecified atom stereocenters. The quantitative estimate of drug-likeness (QED) is 0.713. The summed E-state index contributed by atoms with van der Waals surface area (Å²) in [5.74, 6) is 1.44. The van der Waals surface area contributed by atoms with Gasteiger partial charge in [0.05, 0.1) is 11.1 Å². The lowest BCUT2D eigenvalue weighted by molar-refractivity contribution is -0.134. The molecule has 1 fully saturated rings. The maximum absolute atomic E-state index is 13.0. The Bertz CT molecular complexity index is 813. The molecule has 0 N–H and O–H groups in total. The van der Waals surface area contributed by atoms with Gasteiger partial charge in [-0.05, 0) is 37.0 Å². The average molecular weight is 400 g/mol. The van der Waals surface area contributed by atoms with Crippen LogP contribution in [0.4, 0.5) is 0 Å². The highest BCUT2D eigenvalue weighted by molar-refractivity contribution is 7.86. The summed E-state index contributed by atoms with van der Waals surface area (Å²) in [6.45, 7) is 2.31. The molecule has 1 amide bonds. The van der Waals surface area contributed by atoms with Gasteiger partial charge >= 0.3 is 0 Å². The Morgan fingerprint density at radius 1 is 1.25 bits per heavy atom. The fourth-order valence-electron chi connectivity index (χ4n) is 3.78. The van der Waals surface area contributed by atoms with Gasteiger partial charge in [-0.2, -0.15) is 0 Å². The van der Waals surface area contributed by atoms with Crippen LogP contribution in [0.3, 0.4) is 0 Å². The third kappa shape index (κ3) is 4.42. The summed E-state index contributed by atoms with van der Waals surface area (Å²) in [6.07, 6.45) is 16.4. The van der Waals surface area contributed by atoms with Crippen LogP contribution in [0.15, 0.2) is 59.8 Å². The molecule has 2 heterocycles. The molecular formula is C21H25N3O3S. The van der Waals surface area contributed by atoms with E-state index in [4.69, 9.17) is 4.74 Å². The second kappa shape index (κ2) is 8.84. The Morgan fingerprint density at radius 2 is 2.11 bits per heavy atom. The molecule has 0 bridgehead atoms. The highest BCUT2D eigenvalue weighted by Crippen LogP contribution is 2.33. The van der Waals surface area contributed by atoms with E-state index in [2.05, 4.69) is 29.3 Å². The van der Waals surface area contributed by atoms with E-state index in [0.29, 0.717) is 43.8 Å². The van der Waals surface area contributed by atoms with Crippen LogP contribution >= 0.6 is 0 Å². The number of hydrogen-bond acceptors (Lipinski definition) is 4. The number of fused-ring (bicyclic) bond motifs is 1. The number of nitrogens with zero attached hydrogens (tertiary/aromatic N) is 3. The lowest BCUT2D eigenvalue weighted by Crippen LogP contribution is -2.50. The van der Waals surface area contributed by atoms with E-state index in [1.807, 2.05) is 10.4 Å². The SMILES string of the molecule is O=C(COc1cccnc1)N1CCN(S(=O)C2=CC3C=CCCC3C=C2)CC1. The number of amides is 1. The van der Waals surface area contributed by atoms with Gasteiger partial charge in [-0.3, -0.25) is 9.78 Å². The first-order valence-corrected chi connectivity index (χ1v) is 10.9. The Balaban J connectivity index is 1.28. The number of rotatable bonds is 5.